The van der Waals surface area contributed by atoms with Crippen molar-refractivity contribution in [3.8, 4) is 0 Å². The first kappa shape index (κ1) is 30.1. The van der Waals surface area contributed by atoms with Gasteiger partial charge in [-0.2, -0.15) is 0 Å². The molecule has 0 fully saturated rings. The molecule has 2 atom stereocenters. The molecule has 0 aliphatic heterocycles. The summed E-state index contributed by atoms with van der Waals surface area (Å²) < 4.78 is 0.769. The third kappa shape index (κ3) is 5.36. The summed E-state index contributed by atoms with van der Waals surface area (Å²) in [7, 11) is 0. The maximum Gasteiger partial charge on any atom is 0 e. The van der Waals surface area contributed by atoms with E-state index in [1.165, 1.54) is 11.1 Å². The molecule has 2 aliphatic rings. The molecule has 0 nitrogen and oxygen atoms in total. The van der Waals surface area contributed by atoms with Crippen molar-refractivity contribution in [1.82, 2.24) is 0 Å². The van der Waals surface area contributed by atoms with Crippen molar-refractivity contribution in [2.75, 3.05) is 0 Å². The molecule has 0 heterocycles. The maximum atomic E-state index is 2.61. The Labute approximate surface area is 251 Å². The van der Waals surface area contributed by atoms with Gasteiger partial charge in [-0.15, -0.1) is 0 Å². The SMILES string of the molecule is [CH3][SnH][CH](C1C(C)=Cc2c(C(C)C)cc(C(C)C)cc21)C1C(C)=Cc2c(C(C)C)cc(C(C)C)cc21.[Zr]. The van der Waals surface area contributed by atoms with E-state index in [0.717, 1.165) is 3.93 Å². The van der Waals surface area contributed by atoms with Crippen LogP contribution in [-0.4, -0.2) is 21.1 Å². The molecule has 2 heteroatoms. The van der Waals surface area contributed by atoms with Crippen LogP contribution < -0.4 is 0 Å². The minimum absolute atomic E-state index is 0. The van der Waals surface area contributed by atoms with Gasteiger partial charge in [0, 0.05) is 26.2 Å². The fourth-order valence-electron chi connectivity index (χ4n) is 6.64. The summed E-state index contributed by atoms with van der Waals surface area (Å²) in [5.41, 5.74) is 15.7. The number of benzene rings is 2. The summed E-state index contributed by atoms with van der Waals surface area (Å²) in [4.78, 5) is 2.61. The number of allylic oxidation sites excluding steroid dienone is 2. The zero-order valence-corrected chi connectivity index (χ0v) is 30.3. The van der Waals surface area contributed by atoms with Crippen molar-refractivity contribution in [2.45, 2.75) is 114 Å². The molecule has 0 amide bonds. The molecule has 191 valence electrons. The van der Waals surface area contributed by atoms with Gasteiger partial charge >= 0.3 is 227 Å². The smallest absolute Gasteiger partial charge is 0 e. The minimum atomic E-state index is -0.824. The van der Waals surface area contributed by atoms with E-state index in [1.807, 2.05) is 0 Å². The average molecular weight is 666 g/mol. The number of rotatable bonds is 7. The van der Waals surface area contributed by atoms with Crippen molar-refractivity contribution in [3.63, 3.8) is 0 Å². The Bertz CT molecular complexity index is 1090. The summed E-state index contributed by atoms with van der Waals surface area (Å²) in [5, 5.41) is 0. The van der Waals surface area contributed by atoms with Gasteiger partial charge in [-0.05, 0) is 0 Å². The fourth-order valence-corrected chi connectivity index (χ4v) is 11.8. The van der Waals surface area contributed by atoms with Gasteiger partial charge in [-0.3, -0.25) is 0 Å². The Hall–Kier alpha value is -0.398. The second kappa shape index (κ2) is 11.8. The summed E-state index contributed by atoms with van der Waals surface area (Å²) in [5.74, 6) is 3.41. The van der Waals surface area contributed by atoms with E-state index in [0.29, 0.717) is 35.5 Å². The van der Waals surface area contributed by atoms with Gasteiger partial charge in [0.25, 0.3) is 0 Å². The molecule has 2 aromatic carbocycles. The van der Waals surface area contributed by atoms with Crippen LogP contribution >= 0.6 is 0 Å². The largest absolute Gasteiger partial charge is 0 e. The predicted molar refractivity (Wildman–Crippen MR) is 159 cm³/mol. The summed E-state index contributed by atoms with van der Waals surface area (Å²) in [6.07, 6.45) is 5.12. The molecule has 0 N–H and O–H groups in total. The van der Waals surface area contributed by atoms with Crippen LogP contribution in [0.3, 0.4) is 0 Å². The van der Waals surface area contributed by atoms with Crippen molar-refractivity contribution in [1.29, 1.82) is 0 Å². The van der Waals surface area contributed by atoms with Crippen LogP contribution in [-0.2, 0) is 26.2 Å². The molecule has 36 heavy (non-hydrogen) atoms. The molecule has 0 saturated heterocycles. The van der Waals surface area contributed by atoms with E-state index < -0.39 is 21.1 Å². The van der Waals surface area contributed by atoms with Crippen molar-refractivity contribution in [2.24, 2.45) is 0 Å². The van der Waals surface area contributed by atoms with Crippen LogP contribution in [0, 0.1) is 0 Å². The third-order valence-electron chi connectivity index (χ3n) is 8.66. The van der Waals surface area contributed by atoms with E-state index in [9.17, 15) is 0 Å². The van der Waals surface area contributed by atoms with E-state index in [2.05, 4.69) is 111 Å². The van der Waals surface area contributed by atoms with Gasteiger partial charge in [-0.25, -0.2) is 0 Å². The molecule has 0 bridgehead atoms. The van der Waals surface area contributed by atoms with Gasteiger partial charge in [-0.1, -0.05) is 0 Å². The van der Waals surface area contributed by atoms with Gasteiger partial charge in [0.2, 0.25) is 0 Å². The molecular formula is C34H47SnZr. The summed E-state index contributed by atoms with van der Waals surface area (Å²) in [6, 6.07) is 10.2. The molecule has 2 aliphatic carbocycles. The monoisotopic (exact) mass is 665 g/mol. The van der Waals surface area contributed by atoms with Crippen molar-refractivity contribution < 1.29 is 26.2 Å². The van der Waals surface area contributed by atoms with E-state index in [-0.39, 0.29) is 26.2 Å². The van der Waals surface area contributed by atoms with Gasteiger partial charge in [0.15, 0.2) is 0 Å². The van der Waals surface area contributed by atoms with Crippen LogP contribution in [0.25, 0.3) is 12.2 Å². The molecule has 0 spiro atoms. The standard InChI is InChI=1S/C33H43.CH3.Sn.Zr.H/c1-18(2)24-13-26(20(5)6)30-11-22(9)28(32(30)15-24)17-29-23(10)12-31-27(21(7)8)14-25(19(3)4)16-33(29)31;;;;/h11-21,28-29H,1-10H3;1H3;;;. The Morgan fingerprint density at radius 1 is 0.583 bits per heavy atom. The van der Waals surface area contributed by atoms with Crippen LogP contribution in [0.15, 0.2) is 35.4 Å². The number of hydrogen-bond donors (Lipinski definition) is 0. The molecule has 0 aromatic heterocycles. The second-order valence-corrected chi connectivity index (χ2v) is 16.6. The molecule has 0 saturated carbocycles. The zero-order valence-electron chi connectivity index (χ0n) is 24.6. The predicted octanol–water partition coefficient (Wildman–Crippen LogP) is 10.2. The Balaban J connectivity index is 0.00000361. The Kier molecular flexibility index (Phi) is 9.86. The molecule has 2 unspecified atom stereocenters. The molecular weight excluding hydrogens is 618 g/mol. The molecule has 1 radical (unpaired) electrons. The zero-order chi connectivity index (χ0) is 25.8. The van der Waals surface area contributed by atoms with Gasteiger partial charge < -0.3 is 0 Å². The number of fused-ring (bicyclic) bond motifs is 2. The van der Waals surface area contributed by atoms with Crippen molar-refractivity contribution in [3.05, 3.63) is 79.9 Å². The molecule has 2 aromatic rings. The average Bonchev–Trinajstić information content (AvgIpc) is 3.29. The summed E-state index contributed by atoms with van der Waals surface area (Å²) in [6.45, 7) is 23.7. The maximum absolute atomic E-state index is 2.61. The van der Waals surface area contributed by atoms with Crippen LogP contribution in [0.1, 0.15) is 149 Å². The second-order valence-electron chi connectivity index (χ2n) is 12.5. The quantitative estimate of drug-likeness (QED) is 0.258. The first-order chi connectivity index (χ1) is 16.5. The number of hydrogen-bond acceptors (Lipinski definition) is 0. The summed E-state index contributed by atoms with van der Waals surface area (Å²) >= 11 is -0.824. The van der Waals surface area contributed by atoms with Gasteiger partial charge in [0.05, 0.1) is 0 Å². The molecule has 4 rings (SSSR count). The first-order valence-electron chi connectivity index (χ1n) is 14.0. The first-order valence-corrected chi connectivity index (χ1v) is 19.2. The van der Waals surface area contributed by atoms with E-state index in [4.69, 9.17) is 0 Å². The minimum Gasteiger partial charge on any atom is 0 e. The topological polar surface area (TPSA) is 0 Å². The normalized spacial score (nSPS) is 19.5. The van der Waals surface area contributed by atoms with Crippen LogP contribution in [0.4, 0.5) is 0 Å². The van der Waals surface area contributed by atoms with Gasteiger partial charge in [0.1, 0.15) is 0 Å². The van der Waals surface area contributed by atoms with Crippen molar-refractivity contribution >= 4 is 33.3 Å². The Morgan fingerprint density at radius 3 is 1.22 bits per heavy atom. The van der Waals surface area contributed by atoms with E-state index in [1.54, 1.807) is 44.5 Å². The fraction of sp³-hybridized carbons (Fsp3) is 0.529. The van der Waals surface area contributed by atoms with E-state index >= 15 is 0 Å². The van der Waals surface area contributed by atoms with Crippen LogP contribution in [0.2, 0.25) is 8.87 Å². The van der Waals surface area contributed by atoms with Crippen LogP contribution in [0.5, 0.6) is 0 Å². The third-order valence-corrected chi connectivity index (χ3v) is 13.1. The Morgan fingerprint density at radius 2 is 0.944 bits per heavy atom.